The van der Waals surface area contributed by atoms with E-state index in [4.69, 9.17) is 11.5 Å². The second-order valence-electron chi connectivity index (χ2n) is 3.20. The Morgan fingerprint density at radius 1 is 1.36 bits per heavy atom. The summed E-state index contributed by atoms with van der Waals surface area (Å²) >= 11 is 0. The van der Waals surface area contributed by atoms with Crippen LogP contribution in [0.4, 0.5) is 0 Å². The molecule has 2 atom stereocenters. The van der Waals surface area contributed by atoms with Crippen molar-refractivity contribution in [1.29, 1.82) is 0 Å². The lowest BCUT2D eigenvalue weighted by molar-refractivity contribution is -0.126. The molecule has 0 fully saturated rings. The third-order valence-electron chi connectivity index (χ3n) is 2.01. The lowest BCUT2D eigenvalue weighted by Crippen LogP contribution is -2.45. The SMILES string of the molecule is NC(=O)[C@H](O)[C@@H](N)Cc1ccccc1. The summed E-state index contributed by atoms with van der Waals surface area (Å²) in [4.78, 5) is 10.6. The fourth-order valence-corrected chi connectivity index (χ4v) is 1.21. The Morgan fingerprint density at radius 3 is 2.43 bits per heavy atom. The zero-order valence-corrected chi connectivity index (χ0v) is 7.76. The highest BCUT2D eigenvalue weighted by molar-refractivity contribution is 5.79. The second-order valence-corrected chi connectivity index (χ2v) is 3.20. The molecular weight excluding hydrogens is 180 g/mol. The standard InChI is InChI=1S/C10H14N2O2/c11-8(9(13)10(12)14)6-7-4-2-1-3-5-7/h1-5,8-9,13H,6,11H2,(H2,12,14)/t8-,9+/m0/s1. The van der Waals surface area contributed by atoms with Crippen molar-refractivity contribution in [3.05, 3.63) is 35.9 Å². The molecule has 1 rings (SSSR count). The molecule has 4 nitrogen and oxygen atoms in total. The number of nitrogens with two attached hydrogens (primary N) is 2. The van der Waals surface area contributed by atoms with Crippen molar-refractivity contribution >= 4 is 5.91 Å². The number of aliphatic hydroxyl groups excluding tert-OH is 1. The van der Waals surface area contributed by atoms with Crippen LogP contribution >= 0.6 is 0 Å². The van der Waals surface area contributed by atoms with E-state index in [1.165, 1.54) is 0 Å². The van der Waals surface area contributed by atoms with Gasteiger partial charge < -0.3 is 16.6 Å². The van der Waals surface area contributed by atoms with Crippen LogP contribution in [0, 0.1) is 0 Å². The number of aliphatic hydroxyl groups is 1. The summed E-state index contributed by atoms with van der Waals surface area (Å²) in [5, 5.41) is 9.26. The summed E-state index contributed by atoms with van der Waals surface area (Å²) in [5.74, 6) is -0.784. The van der Waals surface area contributed by atoms with Crippen LogP contribution in [0.15, 0.2) is 30.3 Å². The number of carbonyl (C=O) groups is 1. The first-order chi connectivity index (χ1) is 6.61. The summed E-state index contributed by atoms with van der Waals surface area (Å²) in [5.41, 5.74) is 11.5. The van der Waals surface area contributed by atoms with E-state index in [1.54, 1.807) is 0 Å². The molecule has 0 aliphatic rings. The van der Waals surface area contributed by atoms with Gasteiger partial charge in [0.2, 0.25) is 5.91 Å². The van der Waals surface area contributed by atoms with E-state index in [0.717, 1.165) is 5.56 Å². The van der Waals surface area contributed by atoms with Crippen LogP contribution in [0.5, 0.6) is 0 Å². The van der Waals surface area contributed by atoms with E-state index >= 15 is 0 Å². The van der Waals surface area contributed by atoms with Gasteiger partial charge in [-0.05, 0) is 12.0 Å². The summed E-state index contributed by atoms with van der Waals surface area (Å²) < 4.78 is 0. The maximum atomic E-state index is 10.6. The smallest absolute Gasteiger partial charge is 0.247 e. The Hall–Kier alpha value is -1.39. The van der Waals surface area contributed by atoms with E-state index < -0.39 is 18.1 Å². The number of carbonyl (C=O) groups excluding carboxylic acids is 1. The van der Waals surface area contributed by atoms with Gasteiger partial charge in [-0.15, -0.1) is 0 Å². The molecule has 14 heavy (non-hydrogen) atoms. The van der Waals surface area contributed by atoms with E-state index in [0.29, 0.717) is 6.42 Å². The number of benzene rings is 1. The van der Waals surface area contributed by atoms with Crippen LogP contribution < -0.4 is 11.5 Å². The molecule has 0 saturated heterocycles. The fourth-order valence-electron chi connectivity index (χ4n) is 1.21. The molecule has 1 aromatic carbocycles. The monoisotopic (exact) mass is 194 g/mol. The van der Waals surface area contributed by atoms with Gasteiger partial charge in [0, 0.05) is 6.04 Å². The third kappa shape index (κ3) is 2.83. The molecule has 0 radical (unpaired) electrons. The minimum atomic E-state index is -1.28. The number of hydrogen-bond donors (Lipinski definition) is 3. The Balaban J connectivity index is 2.57. The highest BCUT2D eigenvalue weighted by atomic mass is 16.3. The molecule has 1 amide bonds. The fraction of sp³-hybridized carbons (Fsp3) is 0.300. The maximum absolute atomic E-state index is 10.6. The van der Waals surface area contributed by atoms with Crippen LogP contribution in [-0.2, 0) is 11.2 Å². The van der Waals surface area contributed by atoms with Gasteiger partial charge in [0.1, 0.15) is 6.10 Å². The molecule has 4 heteroatoms. The zero-order chi connectivity index (χ0) is 10.6. The van der Waals surface area contributed by atoms with Crippen LogP contribution in [0.25, 0.3) is 0 Å². The molecule has 0 saturated carbocycles. The summed E-state index contributed by atoms with van der Waals surface area (Å²) in [6.07, 6.45) is -0.847. The van der Waals surface area contributed by atoms with Crippen molar-refractivity contribution in [2.75, 3.05) is 0 Å². The van der Waals surface area contributed by atoms with E-state index in [2.05, 4.69) is 0 Å². The highest BCUT2D eigenvalue weighted by Gasteiger charge is 2.20. The molecule has 5 N–H and O–H groups in total. The quantitative estimate of drug-likeness (QED) is 0.598. The third-order valence-corrected chi connectivity index (χ3v) is 2.01. The molecule has 0 unspecified atom stereocenters. The summed E-state index contributed by atoms with van der Waals surface area (Å²) in [6, 6.07) is 8.76. The average Bonchev–Trinajstić information content (AvgIpc) is 2.18. The van der Waals surface area contributed by atoms with Crippen molar-refractivity contribution in [2.45, 2.75) is 18.6 Å². The first kappa shape index (κ1) is 10.7. The van der Waals surface area contributed by atoms with Crippen molar-refractivity contribution < 1.29 is 9.90 Å². The molecule has 0 aliphatic carbocycles. The predicted molar refractivity (Wildman–Crippen MR) is 53.3 cm³/mol. The molecule has 76 valence electrons. The van der Waals surface area contributed by atoms with Crippen molar-refractivity contribution in [1.82, 2.24) is 0 Å². The molecule has 0 spiro atoms. The largest absolute Gasteiger partial charge is 0.382 e. The van der Waals surface area contributed by atoms with Crippen LogP contribution in [0.3, 0.4) is 0 Å². The van der Waals surface area contributed by atoms with Gasteiger partial charge >= 0.3 is 0 Å². The zero-order valence-electron chi connectivity index (χ0n) is 7.76. The molecule has 0 aliphatic heterocycles. The molecular formula is C10H14N2O2. The molecule has 0 aromatic heterocycles. The van der Waals surface area contributed by atoms with Gasteiger partial charge in [0.05, 0.1) is 0 Å². The van der Waals surface area contributed by atoms with E-state index in [1.807, 2.05) is 30.3 Å². The highest BCUT2D eigenvalue weighted by Crippen LogP contribution is 2.04. The minimum Gasteiger partial charge on any atom is -0.382 e. The van der Waals surface area contributed by atoms with Gasteiger partial charge in [-0.3, -0.25) is 4.79 Å². The second kappa shape index (κ2) is 4.74. The Labute approximate surface area is 82.5 Å². The van der Waals surface area contributed by atoms with Gasteiger partial charge in [0.25, 0.3) is 0 Å². The summed E-state index contributed by atoms with van der Waals surface area (Å²) in [7, 11) is 0. The minimum absolute atomic E-state index is 0.435. The van der Waals surface area contributed by atoms with Crippen molar-refractivity contribution in [2.24, 2.45) is 11.5 Å². The number of rotatable bonds is 4. The predicted octanol–water partition coefficient (Wildman–Crippen LogP) is -0.597. The Bertz CT molecular complexity index is 300. The van der Waals surface area contributed by atoms with Crippen molar-refractivity contribution in [3.8, 4) is 0 Å². The van der Waals surface area contributed by atoms with Crippen LogP contribution in [-0.4, -0.2) is 23.2 Å². The lowest BCUT2D eigenvalue weighted by Gasteiger charge is -2.15. The van der Waals surface area contributed by atoms with Crippen LogP contribution in [0.2, 0.25) is 0 Å². The topological polar surface area (TPSA) is 89.3 Å². The summed E-state index contributed by atoms with van der Waals surface area (Å²) in [6.45, 7) is 0. The van der Waals surface area contributed by atoms with Crippen LogP contribution in [0.1, 0.15) is 5.56 Å². The number of amides is 1. The van der Waals surface area contributed by atoms with E-state index in [-0.39, 0.29) is 0 Å². The number of primary amides is 1. The van der Waals surface area contributed by atoms with Crippen molar-refractivity contribution in [3.63, 3.8) is 0 Å². The van der Waals surface area contributed by atoms with Gasteiger partial charge in [-0.2, -0.15) is 0 Å². The normalized spacial score (nSPS) is 14.7. The van der Waals surface area contributed by atoms with Gasteiger partial charge in [-0.25, -0.2) is 0 Å². The first-order valence-corrected chi connectivity index (χ1v) is 4.38. The van der Waals surface area contributed by atoms with Gasteiger partial charge in [-0.1, -0.05) is 30.3 Å². The molecule has 0 heterocycles. The number of hydrogen-bond acceptors (Lipinski definition) is 3. The van der Waals surface area contributed by atoms with Gasteiger partial charge in [0.15, 0.2) is 0 Å². The van der Waals surface area contributed by atoms with E-state index in [9.17, 15) is 9.90 Å². The lowest BCUT2D eigenvalue weighted by atomic mass is 10.0. The molecule has 1 aromatic rings. The Morgan fingerprint density at radius 2 is 1.93 bits per heavy atom. The average molecular weight is 194 g/mol. The Kier molecular flexibility index (Phi) is 3.62. The first-order valence-electron chi connectivity index (χ1n) is 4.38. The maximum Gasteiger partial charge on any atom is 0.247 e. The molecule has 0 bridgehead atoms.